The molecule has 0 fully saturated rings. The zero-order chi connectivity index (χ0) is 9.98. The maximum atomic E-state index is 3.60. The molecule has 0 atom stereocenters. The topological polar surface area (TPSA) is 0 Å². The minimum atomic E-state index is 0. The predicted octanol–water partition coefficient (Wildman–Crippen LogP) is 5.07. The Bertz CT molecular complexity index is 84.6. The highest BCUT2D eigenvalue weighted by Gasteiger charge is 1.83. The Balaban J connectivity index is -0.000000143. The fourth-order valence-corrected chi connectivity index (χ4v) is 0.667. The van der Waals surface area contributed by atoms with Crippen LogP contribution < -0.4 is 0 Å². The van der Waals surface area contributed by atoms with Crippen LogP contribution in [-0.2, 0) is 0 Å². The van der Waals surface area contributed by atoms with E-state index in [-0.39, 0.29) is 7.43 Å². The standard InChI is InChI=1S/2C6H12.CH4/c2*1-4-5-6(2)3;/h2*4,6H,1,5H2,2-3H3;1H4. The van der Waals surface area contributed by atoms with Crippen LogP contribution in [0.2, 0.25) is 0 Å². The molecule has 0 aliphatic heterocycles. The molecule has 0 aliphatic rings. The lowest BCUT2D eigenvalue weighted by Crippen LogP contribution is -1.78. The van der Waals surface area contributed by atoms with Crippen LogP contribution in [0.1, 0.15) is 48.0 Å². The Hall–Kier alpha value is -0.520. The zero-order valence-electron chi connectivity index (χ0n) is 9.14. The molecule has 0 spiro atoms. The summed E-state index contributed by atoms with van der Waals surface area (Å²) in [5.41, 5.74) is 0. The minimum absolute atomic E-state index is 0. The van der Waals surface area contributed by atoms with Crippen molar-refractivity contribution in [2.75, 3.05) is 0 Å². The Morgan fingerprint density at radius 2 is 1.08 bits per heavy atom. The van der Waals surface area contributed by atoms with E-state index >= 15 is 0 Å². The number of allylic oxidation sites excluding steroid dienone is 2. The molecule has 0 radical (unpaired) electrons. The predicted molar refractivity (Wildman–Crippen MR) is 66.0 cm³/mol. The molecule has 0 heterocycles. The lowest BCUT2D eigenvalue weighted by Gasteiger charge is -1.92. The summed E-state index contributed by atoms with van der Waals surface area (Å²) >= 11 is 0. The maximum Gasteiger partial charge on any atom is -0.0330 e. The number of rotatable bonds is 4. The van der Waals surface area contributed by atoms with E-state index in [9.17, 15) is 0 Å². The van der Waals surface area contributed by atoms with Crippen molar-refractivity contribution in [2.24, 2.45) is 11.8 Å². The average Bonchev–Trinajstić information content (AvgIpc) is 1.87. The summed E-state index contributed by atoms with van der Waals surface area (Å²) < 4.78 is 0. The molecular formula is C13H28. The van der Waals surface area contributed by atoms with Crippen molar-refractivity contribution >= 4 is 0 Å². The fourth-order valence-electron chi connectivity index (χ4n) is 0.667. The van der Waals surface area contributed by atoms with E-state index in [1.54, 1.807) is 0 Å². The molecular weight excluding hydrogens is 156 g/mol. The molecule has 0 aliphatic carbocycles. The first-order valence-electron chi connectivity index (χ1n) is 4.76. The first-order chi connectivity index (χ1) is 5.54. The molecule has 0 N–H and O–H groups in total. The zero-order valence-corrected chi connectivity index (χ0v) is 9.14. The second-order valence-corrected chi connectivity index (χ2v) is 3.84. The van der Waals surface area contributed by atoms with Crippen LogP contribution in [0.15, 0.2) is 25.3 Å². The van der Waals surface area contributed by atoms with Crippen molar-refractivity contribution in [2.45, 2.75) is 48.0 Å². The second kappa shape index (κ2) is 14.0. The van der Waals surface area contributed by atoms with Gasteiger partial charge in [0, 0.05) is 0 Å². The van der Waals surface area contributed by atoms with Crippen LogP contribution in [0.3, 0.4) is 0 Å². The van der Waals surface area contributed by atoms with Gasteiger partial charge in [0.25, 0.3) is 0 Å². The van der Waals surface area contributed by atoms with Crippen LogP contribution >= 0.6 is 0 Å². The van der Waals surface area contributed by atoms with Crippen LogP contribution in [0, 0.1) is 11.8 Å². The third-order valence-corrected chi connectivity index (χ3v) is 1.28. The Morgan fingerprint density at radius 3 is 1.08 bits per heavy atom. The molecule has 0 saturated heterocycles. The molecule has 0 bridgehead atoms. The maximum absolute atomic E-state index is 3.60. The quantitative estimate of drug-likeness (QED) is 0.535. The molecule has 0 aromatic rings. The summed E-state index contributed by atoms with van der Waals surface area (Å²) in [6.07, 6.45) is 6.18. The summed E-state index contributed by atoms with van der Waals surface area (Å²) in [4.78, 5) is 0. The van der Waals surface area contributed by atoms with Crippen molar-refractivity contribution < 1.29 is 0 Å². The van der Waals surface area contributed by atoms with E-state index in [4.69, 9.17) is 0 Å². The van der Waals surface area contributed by atoms with Gasteiger partial charge in [-0.1, -0.05) is 47.3 Å². The highest BCUT2D eigenvalue weighted by atomic mass is 13.9. The first kappa shape index (κ1) is 18.3. The molecule has 0 saturated carbocycles. The van der Waals surface area contributed by atoms with Gasteiger partial charge >= 0.3 is 0 Å². The smallest absolute Gasteiger partial charge is 0.0330 e. The van der Waals surface area contributed by atoms with E-state index in [2.05, 4.69) is 40.9 Å². The van der Waals surface area contributed by atoms with Gasteiger partial charge in [0.15, 0.2) is 0 Å². The van der Waals surface area contributed by atoms with Crippen molar-refractivity contribution in [1.29, 1.82) is 0 Å². The van der Waals surface area contributed by atoms with Crippen molar-refractivity contribution in [3.05, 3.63) is 25.3 Å². The molecule has 0 aromatic carbocycles. The third kappa shape index (κ3) is 34.4. The lowest BCUT2D eigenvalue weighted by molar-refractivity contribution is 0.664. The van der Waals surface area contributed by atoms with Gasteiger partial charge in [0.05, 0.1) is 0 Å². The van der Waals surface area contributed by atoms with E-state index in [1.807, 2.05) is 12.2 Å². The van der Waals surface area contributed by atoms with Gasteiger partial charge in [-0.15, -0.1) is 13.2 Å². The summed E-state index contributed by atoms with van der Waals surface area (Å²) in [6.45, 7) is 15.9. The second-order valence-electron chi connectivity index (χ2n) is 3.84. The summed E-state index contributed by atoms with van der Waals surface area (Å²) in [6, 6.07) is 0. The van der Waals surface area contributed by atoms with Crippen LogP contribution in [0.4, 0.5) is 0 Å². The van der Waals surface area contributed by atoms with E-state index < -0.39 is 0 Å². The molecule has 0 amide bonds. The molecule has 0 heteroatoms. The van der Waals surface area contributed by atoms with Crippen LogP contribution in [0.25, 0.3) is 0 Å². The molecule has 0 nitrogen and oxygen atoms in total. The van der Waals surface area contributed by atoms with Gasteiger partial charge in [-0.05, 0) is 24.7 Å². The van der Waals surface area contributed by atoms with Crippen molar-refractivity contribution in [3.63, 3.8) is 0 Å². The third-order valence-electron chi connectivity index (χ3n) is 1.28. The van der Waals surface area contributed by atoms with Gasteiger partial charge in [0.1, 0.15) is 0 Å². The molecule has 0 rings (SSSR count). The average molecular weight is 184 g/mol. The Kier molecular flexibility index (Phi) is 19.8. The van der Waals surface area contributed by atoms with Gasteiger partial charge in [-0.2, -0.15) is 0 Å². The fraction of sp³-hybridized carbons (Fsp3) is 0.692. The molecule has 80 valence electrons. The van der Waals surface area contributed by atoms with E-state index in [1.165, 1.54) is 0 Å². The largest absolute Gasteiger partial charge is 0.103 e. The Labute approximate surface area is 85.8 Å². The van der Waals surface area contributed by atoms with E-state index in [0.717, 1.165) is 24.7 Å². The Morgan fingerprint density at radius 1 is 0.846 bits per heavy atom. The summed E-state index contributed by atoms with van der Waals surface area (Å²) in [7, 11) is 0. The van der Waals surface area contributed by atoms with Gasteiger partial charge in [0.2, 0.25) is 0 Å². The lowest BCUT2D eigenvalue weighted by atomic mass is 10.1. The van der Waals surface area contributed by atoms with Gasteiger partial charge in [-0.3, -0.25) is 0 Å². The summed E-state index contributed by atoms with van der Waals surface area (Å²) in [5, 5.41) is 0. The SMILES string of the molecule is C.C=CCC(C)C.C=CCC(C)C. The van der Waals surface area contributed by atoms with Crippen LogP contribution in [0.5, 0.6) is 0 Å². The van der Waals surface area contributed by atoms with Gasteiger partial charge < -0.3 is 0 Å². The normalized spacial score (nSPS) is 8.46. The highest BCUT2D eigenvalue weighted by Crippen LogP contribution is 1.97. The molecule has 0 aromatic heterocycles. The highest BCUT2D eigenvalue weighted by molar-refractivity contribution is 4.67. The number of hydrogen-bond donors (Lipinski definition) is 0. The van der Waals surface area contributed by atoms with Gasteiger partial charge in [-0.25, -0.2) is 0 Å². The monoisotopic (exact) mass is 184 g/mol. The minimum Gasteiger partial charge on any atom is -0.103 e. The number of hydrogen-bond acceptors (Lipinski definition) is 0. The van der Waals surface area contributed by atoms with E-state index in [0.29, 0.717) is 0 Å². The van der Waals surface area contributed by atoms with Crippen molar-refractivity contribution in [3.8, 4) is 0 Å². The summed E-state index contributed by atoms with van der Waals surface area (Å²) in [5.74, 6) is 1.56. The van der Waals surface area contributed by atoms with Crippen LogP contribution in [-0.4, -0.2) is 0 Å². The molecule has 0 unspecified atom stereocenters. The molecule has 13 heavy (non-hydrogen) atoms. The first-order valence-corrected chi connectivity index (χ1v) is 4.76. The van der Waals surface area contributed by atoms with Crippen molar-refractivity contribution in [1.82, 2.24) is 0 Å².